The molecule has 1 aromatic rings. The minimum absolute atomic E-state index is 0.0385. The first kappa shape index (κ1) is 16.5. The topological polar surface area (TPSA) is 75.7 Å². The maximum absolute atomic E-state index is 12.5. The van der Waals surface area contributed by atoms with Crippen molar-refractivity contribution in [1.29, 1.82) is 0 Å². The quantitative estimate of drug-likeness (QED) is 0.901. The molecule has 2 aliphatic heterocycles. The summed E-state index contributed by atoms with van der Waals surface area (Å²) in [5.41, 5.74) is 2.12. The van der Waals surface area contributed by atoms with Crippen molar-refractivity contribution in [2.45, 2.75) is 33.1 Å². The second kappa shape index (κ2) is 6.63. The Morgan fingerprint density at radius 2 is 1.96 bits per heavy atom. The summed E-state index contributed by atoms with van der Waals surface area (Å²) in [4.78, 5) is 37.5. The summed E-state index contributed by atoms with van der Waals surface area (Å²) >= 11 is 0. The monoisotopic (exact) mass is 330 g/mol. The van der Waals surface area contributed by atoms with Gasteiger partial charge in [0.25, 0.3) is 0 Å². The van der Waals surface area contributed by atoms with Crippen LogP contribution in [0.15, 0.2) is 12.1 Å². The van der Waals surface area contributed by atoms with Crippen LogP contribution in [0.25, 0.3) is 0 Å². The van der Waals surface area contributed by atoms with Gasteiger partial charge in [-0.15, -0.1) is 0 Å². The normalized spacial score (nSPS) is 17.9. The lowest BCUT2D eigenvalue weighted by Crippen LogP contribution is -2.40. The van der Waals surface area contributed by atoms with Crippen LogP contribution in [0.4, 0.5) is 5.69 Å². The first-order valence-electron chi connectivity index (χ1n) is 8.32. The molecule has 2 heterocycles. The van der Waals surface area contributed by atoms with Crippen molar-refractivity contribution in [1.82, 2.24) is 4.90 Å². The molecule has 1 fully saturated rings. The Kier molecular flexibility index (Phi) is 4.55. The Morgan fingerprint density at radius 1 is 1.25 bits per heavy atom. The van der Waals surface area contributed by atoms with Crippen LogP contribution in [0.3, 0.4) is 0 Å². The number of carbonyl (C=O) groups is 3. The number of hydrogen-bond acceptors (Lipinski definition) is 4. The van der Waals surface area contributed by atoms with E-state index in [1.807, 2.05) is 6.92 Å². The average Bonchev–Trinajstić information content (AvgIpc) is 2.56. The van der Waals surface area contributed by atoms with Gasteiger partial charge in [-0.05, 0) is 31.4 Å². The number of nitrogens with one attached hydrogen (secondary N) is 1. The molecule has 1 aromatic carbocycles. The number of carbonyl (C=O) groups excluding carboxylic acids is 3. The highest BCUT2D eigenvalue weighted by Gasteiger charge is 2.27. The number of nitrogens with zero attached hydrogens (tertiary/aromatic N) is 1. The van der Waals surface area contributed by atoms with Crippen LogP contribution in [0.2, 0.25) is 0 Å². The van der Waals surface area contributed by atoms with E-state index in [-0.39, 0.29) is 23.5 Å². The lowest BCUT2D eigenvalue weighted by Gasteiger charge is -2.30. The summed E-state index contributed by atoms with van der Waals surface area (Å²) in [5, 5.41) is 2.96. The third kappa shape index (κ3) is 3.27. The Hall–Kier alpha value is -2.37. The van der Waals surface area contributed by atoms with Gasteiger partial charge in [0.05, 0.1) is 12.2 Å². The van der Waals surface area contributed by atoms with Crippen molar-refractivity contribution < 1.29 is 19.1 Å². The number of benzene rings is 1. The van der Waals surface area contributed by atoms with Crippen LogP contribution in [0.5, 0.6) is 5.75 Å². The molecule has 0 aliphatic carbocycles. The number of hydrogen-bond donors (Lipinski definition) is 1. The molecular weight excluding hydrogens is 308 g/mol. The molecule has 0 radical (unpaired) electrons. The minimum Gasteiger partial charge on any atom is -0.492 e. The van der Waals surface area contributed by atoms with Crippen molar-refractivity contribution in [2.24, 2.45) is 5.92 Å². The summed E-state index contributed by atoms with van der Waals surface area (Å²) in [7, 11) is 0. The average molecular weight is 330 g/mol. The molecule has 2 aliphatic rings. The highest BCUT2D eigenvalue weighted by Crippen LogP contribution is 2.31. The van der Waals surface area contributed by atoms with Crippen LogP contribution in [-0.4, -0.2) is 42.2 Å². The lowest BCUT2D eigenvalue weighted by atomic mass is 9.95. The molecule has 3 rings (SSSR count). The van der Waals surface area contributed by atoms with Gasteiger partial charge in [0.1, 0.15) is 5.75 Å². The van der Waals surface area contributed by atoms with E-state index < -0.39 is 0 Å². The number of amides is 2. The maximum atomic E-state index is 12.5. The molecule has 0 bridgehead atoms. The molecule has 2 amide bonds. The Bertz CT molecular complexity index is 691. The second-order valence-electron chi connectivity index (χ2n) is 6.45. The predicted octanol–water partition coefficient (Wildman–Crippen LogP) is 2.16. The van der Waals surface area contributed by atoms with Crippen molar-refractivity contribution in [3.63, 3.8) is 0 Å². The van der Waals surface area contributed by atoms with Crippen LogP contribution < -0.4 is 10.1 Å². The van der Waals surface area contributed by atoms with Gasteiger partial charge in [-0.2, -0.15) is 0 Å². The third-order valence-corrected chi connectivity index (χ3v) is 4.78. The van der Waals surface area contributed by atoms with E-state index in [0.29, 0.717) is 56.0 Å². The summed E-state index contributed by atoms with van der Waals surface area (Å²) in [6.07, 6.45) is 1.74. The Morgan fingerprint density at radius 3 is 2.62 bits per heavy atom. The molecule has 0 aromatic heterocycles. The number of aryl methyl sites for hydroxylation is 1. The van der Waals surface area contributed by atoms with Gasteiger partial charge in [0.15, 0.2) is 5.78 Å². The molecule has 6 heteroatoms. The van der Waals surface area contributed by atoms with E-state index in [0.717, 1.165) is 5.56 Å². The first-order chi connectivity index (χ1) is 11.5. The number of likely N-dealkylation sites (tertiary alicyclic amines) is 1. The number of ketones is 1. The van der Waals surface area contributed by atoms with Gasteiger partial charge in [-0.25, -0.2) is 0 Å². The number of anilines is 1. The lowest BCUT2D eigenvalue weighted by molar-refractivity contribution is -0.132. The summed E-state index contributed by atoms with van der Waals surface area (Å²) in [6, 6.07) is 3.52. The van der Waals surface area contributed by atoms with Crippen molar-refractivity contribution >= 4 is 23.3 Å². The van der Waals surface area contributed by atoms with Gasteiger partial charge < -0.3 is 15.0 Å². The Balaban J connectivity index is 1.69. The summed E-state index contributed by atoms with van der Waals surface area (Å²) in [6.45, 7) is 5.04. The molecule has 6 nitrogen and oxygen atoms in total. The smallest absolute Gasteiger partial charge is 0.227 e. The summed E-state index contributed by atoms with van der Waals surface area (Å²) < 4.78 is 5.54. The molecule has 1 saturated heterocycles. The minimum atomic E-state index is -0.0985. The van der Waals surface area contributed by atoms with Crippen LogP contribution in [0, 0.1) is 12.8 Å². The second-order valence-corrected chi connectivity index (χ2v) is 6.45. The zero-order chi connectivity index (χ0) is 17.3. The van der Waals surface area contributed by atoms with Gasteiger partial charge in [0.2, 0.25) is 11.8 Å². The van der Waals surface area contributed by atoms with E-state index in [1.165, 1.54) is 0 Å². The van der Waals surface area contributed by atoms with E-state index in [4.69, 9.17) is 4.74 Å². The zero-order valence-electron chi connectivity index (χ0n) is 14.1. The fourth-order valence-electron chi connectivity index (χ4n) is 3.24. The fraction of sp³-hybridized carbons (Fsp3) is 0.500. The van der Waals surface area contributed by atoms with Gasteiger partial charge in [-0.1, -0.05) is 0 Å². The van der Waals surface area contributed by atoms with Crippen molar-refractivity contribution in [3.05, 3.63) is 23.3 Å². The number of fused-ring (bicyclic) bond motifs is 1. The largest absolute Gasteiger partial charge is 0.492 e. The number of piperidine rings is 1. The van der Waals surface area contributed by atoms with Gasteiger partial charge >= 0.3 is 0 Å². The highest BCUT2D eigenvalue weighted by molar-refractivity contribution is 6.01. The third-order valence-electron chi connectivity index (χ3n) is 4.78. The SMILES string of the molecule is CC(=O)N1CCC(C(=O)Nc2cc3c(cc2C)C(=O)CCO3)CC1. The fourth-order valence-corrected chi connectivity index (χ4v) is 3.24. The van der Waals surface area contributed by atoms with Crippen LogP contribution in [0.1, 0.15) is 42.1 Å². The van der Waals surface area contributed by atoms with Crippen LogP contribution in [-0.2, 0) is 9.59 Å². The standard InChI is InChI=1S/C18H22N2O4/c1-11-9-14-16(22)5-8-24-17(14)10-15(11)19-18(23)13-3-6-20(7-4-13)12(2)21/h9-10,13H,3-8H2,1-2H3,(H,19,23). The number of ether oxygens (including phenoxy) is 1. The molecule has 0 atom stereocenters. The first-order valence-corrected chi connectivity index (χ1v) is 8.32. The van der Waals surface area contributed by atoms with Gasteiger partial charge in [-0.3, -0.25) is 14.4 Å². The zero-order valence-corrected chi connectivity index (χ0v) is 14.1. The number of Topliss-reactive ketones (excluding diaryl/α,β-unsaturated/α-hetero) is 1. The van der Waals surface area contributed by atoms with Crippen molar-refractivity contribution in [2.75, 3.05) is 25.0 Å². The van der Waals surface area contributed by atoms with E-state index in [1.54, 1.807) is 24.0 Å². The maximum Gasteiger partial charge on any atom is 0.227 e. The molecular formula is C18H22N2O4. The molecule has 24 heavy (non-hydrogen) atoms. The summed E-state index contributed by atoms with van der Waals surface area (Å²) in [5.74, 6) is 0.538. The van der Waals surface area contributed by atoms with Crippen LogP contribution >= 0.6 is 0 Å². The number of rotatable bonds is 2. The predicted molar refractivity (Wildman–Crippen MR) is 89.2 cm³/mol. The Labute approximate surface area is 141 Å². The van der Waals surface area contributed by atoms with E-state index in [9.17, 15) is 14.4 Å². The molecule has 1 N–H and O–H groups in total. The molecule has 128 valence electrons. The van der Waals surface area contributed by atoms with E-state index >= 15 is 0 Å². The van der Waals surface area contributed by atoms with E-state index in [2.05, 4.69) is 5.32 Å². The van der Waals surface area contributed by atoms with Gasteiger partial charge in [0, 0.05) is 44.1 Å². The van der Waals surface area contributed by atoms with Crippen molar-refractivity contribution in [3.8, 4) is 5.75 Å². The molecule has 0 spiro atoms. The highest BCUT2D eigenvalue weighted by atomic mass is 16.5. The molecule has 0 unspecified atom stereocenters. The molecule has 0 saturated carbocycles.